The van der Waals surface area contributed by atoms with E-state index in [-0.39, 0.29) is 12.9 Å². The first-order valence-electron chi connectivity index (χ1n) is 7.92. The molecule has 1 aromatic rings. The number of benzene rings is 1. The number of hydrogen-bond acceptors (Lipinski definition) is 6. The maximum atomic E-state index is 5.65. The van der Waals surface area contributed by atoms with Crippen molar-refractivity contribution in [3.05, 3.63) is 29.8 Å². The lowest BCUT2D eigenvalue weighted by atomic mass is 10.2. The first-order chi connectivity index (χ1) is 11.2. The highest BCUT2D eigenvalue weighted by atomic mass is 16.7. The van der Waals surface area contributed by atoms with Crippen LogP contribution in [0.15, 0.2) is 34.4 Å². The molecule has 0 heterocycles. The number of nitrogens with two attached hydrogens (primary N) is 1. The number of rotatable bonds is 11. The second-order valence-corrected chi connectivity index (χ2v) is 5.19. The zero-order valence-electron chi connectivity index (χ0n) is 14.3. The van der Waals surface area contributed by atoms with Crippen molar-refractivity contribution < 1.29 is 9.47 Å². The number of hydrogen-bond donors (Lipinski definition) is 2. The number of unbranched alkanes of at least 4 members (excludes halogenated alkanes) is 1. The molecule has 0 aromatic heterocycles. The van der Waals surface area contributed by atoms with Gasteiger partial charge >= 0.3 is 0 Å². The van der Waals surface area contributed by atoms with Gasteiger partial charge in [-0.1, -0.05) is 25.5 Å². The van der Waals surface area contributed by atoms with Crippen LogP contribution in [0, 0.1) is 0 Å². The summed E-state index contributed by atoms with van der Waals surface area (Å²) in [7, 11) is 3.56. The van der Waals surface area contributed by atoms with E-state index in [0.29, 0.717) is 5.71 Å². The van der Waals surface area contributed by atoms with Gasteiger partial charge in [-0.2, -0.15) is 5.10 Å². The van der Waals surface area contributed by atoms with Crippen molar-refractivity contribution >= 4 is 17.6 Å². The molecule has 128 valence electrons. The van der Waals surface area contributed by atoms with Crippen molar-refractivity contribution in [2.24, 2.45) is 15.9 Å². The average molecular weight is 320 g/mol. The zero-order chi connectivity index (χ0) is 16.9. The predicted molar refractivity (Wildman–Crippen MR) is 95.3 cm³/mol. The lowest BCUT2D eigenvalue weighted by molar-refractivity contribution is -0.116. The Morgan fingerprint density at radius 3 is 2.65 bits per heavy atom. The Morgan fingerprint density at radius 2 is 2.09 bits per heavy atom. The van der Waals surface area contributed by atoms with Gasteiger partial charge in [-0.25, -0.2) is 0 Å². The molecule has 1 rings (SSSR count). The van der Waals surface area contributed by atoms with Gasteiger partial charge < -0.3 is 20.6 Å². The largest absolute Gasteiger partial charge is 0.356 e. The molecule has 1 unspecified atom stereocenters. The van der Waals surface area contributed by atoms with E-state index in [9.17, 15) is 0 Å². The molecule has 0 spiro atoms. The molecule has 0 amide bonds. The van der Waals surface area contributed by atoms with E-state index in [1.165, 1.54) is 5.56 Å². The Balaban J connectivity index is 2.51. The van der Waals surface area contributed by atoms with E-state index >= 15 is 0 Å². The second-order valence-electron chi connectivity index (χ2n) is 5.19. The number of ether oxygens (including phenoxy) is 2. The third-order valence-corrected chi connectivity index (χ3v) is 3.32. The van der Waals surface area contributed by atoms with E-state index in [1.54, 1.807) is 13.3 Å². The number of hydrazone groups is 1. The van der Waals surface area contributed by atoms with Crippen molar-refractivity contribution in [1.29, 1.82) is 0 Å². The van der Waals surface area contributed by atoms with Gasteiger partial charge in [0, 0.05) is 13.7 Å². The van der Waals surface area contributed by atoms with Crippen LogP contribution in [0.1, 0.15) is 31.7 Å². The predicted octanol–water partition coefficient (Wildman–Crippen LogP) is 2.60. The standard InChI is InChI=1S/C17H28N4O2/c1-4-5-6-17(22-3)23-13-16(21-18)12-20-15-9-7-14(8-10-15)11-19-2/h7-10,12,17,19H,4-6,11,13,18H2,1-3H3/b20-12?,21-16+. The van der Waals surface area contributed by atoms with Crippen LogP contribution in [0.2, 0.25) is 0 Å². The summed E-state index contributed by atoms with van der Waals surface area (Å²) in [6.07, 6.45) is 4.40. The number of nitrogens with zero attached hydrogens (tertiary/aromatic N) is 2. The minimum atomic E-state index is -0.235. The molecular formula is C17H28N4O2. The monoisotopic (exact) mass is 320 g/mol. The van der Waals surface area contributed by atoms with Crippen molar-refractivity contribution in [3.8, 4) is 0 Å². The lowest BCUT2D eigenvalue weighted by Gasteiger charge is -2.15. The summed E-state index contributed by atoms with van der Waals surface area (Å²) < 4.78 is 10.9. The van der Waals surface area contributed by atoms with Gasteiger partial charge in [-0.15, -0.1) is 0 Å². The Kier molecular flexibility index (Phi) is 9.86. The van der Waals surface area contributed by atoms with E-state index in [1.807, 2.05) is 31.3 Å². The SMILES string of the molecule is CCCCC(OC)OC/C(C=Nc1ccc(CNC)cc1)=N/N. The quantitative estimate of drug-likeness (QED) is 0.284. The summed E-state index contributed by atoms with van der Waals surface area (Å²) in [6, 6.07) is 7.98. The molecule has 0 aliphatic rings. The molecular weight excluding hydrogens is 292 g/mol. The maximum absolute atomic E-state index is 5.65. The van der Waals surface area contributed by atoms with Gasteiger partial charge in [0.05, 0.1) is 18.5 Å². The molecule has 0 aliphatic heterocycles. The molecule has 6 nitrogen and oxygen atoms in total. The minimum absolute atomic E-state index is 0.235. The molecule has 0 fully saturated rings. The van der Waals surface area contributed by atoms with Gasteiger partial charge in [0.2, 0.25) is 0 Å². The van der Waals surface area contributed by atoms with Crippen molar-refractivity contribution in [2.75, 3.05) is 20.8 Å². The van der Waals surface area contributed by atoms with Crippen LogP contribution in [0.5, 0.6) is 0 Å². The zero-order valence-corrected chi connectivity index (χ0v) is 14.3. The number of nitrogens with one attached hydrogen (secondary N) is 1. The van der Waals surface area contributed by atoms with E-state index < -0.39 is 0 Å². The molecule has 0 saturated heterocycles. The molecule has 0 bridgehead atoms. The smallest absolute Gasteiger partial charge is 0.157 e. The van der Waals surface area contributed by atoms with Crippen LogP contribution in [-0.2, 0) is 16.0 Å². The number of methoxy groups -OCH3 is 1. The third kappa shape index (κ3) is 7.88. The summed E-state index contributed by atoms with van der Waals surface area (Å²) in [5, 5.41) is 6.82. The maximum Gasteiger partial charge on any atom is 0.157 e. The summed E-state index contributed by atoms with van der Waals surface area (Å²) in [5.74, 6) is 5.40. The Morgan fingerprint density at radius 1 is 1.35 bits per heavy atom. The summed E-state index contributed by atoms with van der Waals surface area (Å²) in [4.78, 5) is 4.37. The highest BCUT2D eigenvalue weighted by Gasteiger charge is 2.08. The van der Waals surface area contributed by atoms with Gasteiger partial charge in [0.1, 0.15) is 5.71 Å². The van der Waals surface area contributed by atoms with Crippen molar-refractivity contribution in [2.45, 2.75) is 39.0 Å². The molecule has 1 aromatic carbocycles. The van der Waals surface area contributed by atoms with Gasteiger partial charge in [0.15, 0.2) is 6.29 Å². The van der Waals surface area contributed by atoms with E-state index in [0.717, 1.165) is 31.5 Å². The van der Waals surface area contributed by atoms with Crippen LogP contribution >= 0.6 is 0 Å². The highest BCUT2D eigenvalue weighted by molar-refractivity contribution is 6.31. The van der Waals surface area contributed by atoms with E-state index in [4.69, 9.17) is 15.3 Å². The Bertz CT molecular complexity index is 486. The fourth-order valence-electron chi connectivity index (χ4n) is 1.98. The third-order valence-electron chi connectivity index (χ3n) is 3.32. The van der Waals surface area contributed by atoms with Crippen molar-refractivity contribution in [3.63, 3.8) is 0 Å². The van der Waals surface area contributed by atoms with Crippen LogP contribution < -0.4 is 11.2 Å². The van der Waals surface area contributed by atoms with Gasteiger partial charge in [-0.3, -0.25) is 4.99 Å². The molecule has 0 radical (unpaired) electrons. The number of aliphatic imine (C=N–C) groups is 1. The first kappa shape index (κ1) is 19.3. The Hall–Kier alpha value is -1.76. The molecule has 1 atom stereocenters. The van der Waals surface area contributed by atoms with Crippen LogP contribution in [-0.4, -0.2) is 39.0 Å². The Labute approximate surface area is 138 Å². The van der Waals surface area contributed by atoms with Gasteiger partial charge in [0.25, 0.3) is 0 Å². The molecule has 6 heteroatoms. The second kappa shape index (κ2) is 11.8. The van der Waals surface area contributed by atoms with Gasteiger partial charge in [-0.05, 0) is 37.6 Å². The van der Waals surface area contributed by atoms with Crippen LogP contribution in [0.3, 0.4) is 0 Å². The molecule has 23 heavy (non-hydrogen) atoms. The fourth-order valence-corrected chi connectivity index (χ4v) is 1.98. The van der Waals surface area contributed by atoms with E-state index in [2.05, 4.69) is 22.3 Å². The summed E-state index contributed by atoms with van der Waals surface area (Å²) in [6.45, 7) is 3.25. The van der Waals surface area contributed by atoms with Crippen molar-refractivity contribution in [1.82, 2.24) is 5.32 Å². The molecule has 0 aliphatic carbocycles. The minimum Gasteiger partial charge on any atom is -0.356 e. The van der Waals surface area contributed by atoms with Crippen LogP contribution in [0.25, 0.3) is 0 Å². The topological polar surface area (TPSA) is 81.2 Å². The fraction of sp³-hybridized carbons (Fsp3) is 0.529. The first-order valence-corrected chi connectivity index (χ1v) is 7.92. The molecule has 3 N–H and O–H groups in total. The summed E-state index contributed by atoms with van der Waals surface area (Å²) in [5.41, 5.74) is 2.63. The lowest BCUT2D eigenvalue weighted by Crippen LogP contribution is -2.21. The highest BCUT2D eigenvalue weighted by Crippen LogP contribution is 2.12. The van der Waals surface area contributed by atoms with Crippen LogP contribution in [0.4, 0.5) is 5.69 Å². The summed E-state index contributed by atoms with van der Waals surface area (Å²) >= 11 is 0. The molecule has 0 saturated carbocycles. The normalized spacial score (nSPS) is 13.6. The average Bonchev–Trinajstić information content (AvgIpc) is 2.59.